The number of nitrogens with one attached hydrogen (secondary N) is 1. The molecule has 1 aliphatic heterocycles. The molecule has 0 bridgehead atoms. The Balaban J connectivity index is 1.87. The van der Waals surface area contributed by atoms with E-state index in [-0.39, 0.29) is 11.4 Å². The fraction of sp³-hybridized carbons (Fsp3) is 0.182. The van der Waals surface area contributed by atoms with Crippen molar-refractivity contribution in [2.24, 2.45) is 15.8 Å². The zero-order chi connectivity index (χ0) is 15.0. The minimum absolute atomic E-state index is 0.0654. The molecule has 21 heavy (non-hydrogen) atoms. The Morgan fingerprint density at radius 3 is 2.90 bits per heavy atom. The maximum Gasteiger partial charge on any atom is 0.243 e. The van der Waals surface area contributed by atoms with Crippen LogP contribution in [0.2, 0.25) is 0 Å². The summed E-state index contributed by atoms with van der Waals surface area (Å²) in [5.41, 5.74) is 7.33. The predicted molar refractivity (Wildman–Crippen MR) is 79.6 cm³/mol. The van der Waals surface area contributed by atoms with Crippen molar-refractivity contribution in [3.63, 3.8) is 0 Å². The molecule has 0 spiro atoms. The first-order chi connectivity index (χ1) is 9.99. The Morgan fingerprint density at radius 1 is 1.38 bits per heavy atom. The van der Waals surface area contributed by atoms with Crippen molar-refractivity contribution in [1.82, 2.24) is 14.5 Å². The van der Waals surface area contributed by atoms with Crippen LogP contribution in [0.15, 0.2) is 38.0 Å². The molecule has 0 aliphatic carbocycles. The lowest BCUT2D eigenvalue weighted by Gasteiger charge is -2.08. The van der Waals surface area contributed by atoms with Crippen LogP contribution < -0.4 is 10.5 Å². The maximum atomic E-state index is 12.4. The first-order valence-electron chi connectivity index (χ1n) is 5.96. The van der Waals surface area contributed by atoms with Crippen LogP contribution in [0, 0.1) is 0 Å². The van der Waals surface area contributed by atoms with Gasteiger partial charge >= 0.3 is 0 Å². The molecule has 0 fully saturated rings. The number of nitrogens with two attached hydrogens (primary N) is 1. The number of sulfonamides is 1. The number of benzene rings is 1. The Morgan fingerprint density at radius 2 is 2.19 bits per heavy atom. The van der Waals surface area contributed by atoms with Gasteiger partial charge < -0.3 is 5.73 Å². The van der Waals surface area contributed by atoms with Gasteiger partial charge in [0.2, 0.25) is 10.0 Å². The second kappa shape index (κ2) is 5.06. The van der Waals surface area contributed by atoms with Gasteiger partial charge in [-0.15, -0.1) is 0 Å². The van der Waals surface area contributed by atoms with E-state index in [9.17, 15) is 8.42 Å². The van der Waals surface area contributed by atoms with Gasteiger partial charge in [0.05, 0.1) is 17.6 Å². The zero-order valence-electron chi connectivity index (χ0n) is 11.0. The summed E-state index contributed by atoms with van der Waals surface area (Å²) >= 11 is 0.978. The highest BCUT2D eigenvalue weighted by Crippen LogP contribution is 2.37. The number of fused-ring (bicyclic) bond motifs is 1. The monoisotopic (exact) mass is 324 g/mol. The van der Waals surface area contributed by atoms with Crippen LogP contribution in [0.25, 0.3) is 0 Å². The third kappa shape index (κ3) is 2.48. The second-order valence-corrected chi connectivity index (χ2v) is 6.66. The quantitative estimate of drug-likeness (QED) is 0.750. The molecular weight excluding hydrogens is 312 g/mol. The molecule has 0 radical (unpaired) electrons. The Labute approximate surface area is 124 Å². The fourth-order valence-electron chi connectivity index (χ4n) is 1.88. The standard InChI is InChI=1S/C11H12N6O2S2/c1-17-11(12)7(5-13-17)6-14-21(18,19)9-4-2-3-8-10(9)16-20-15-8/h2-5,14H,6,12H2,1H3. The molecule has 0 unspecified atom stereocenters. The smallest absolute Gasteiger partial charge is 0.243 e. The number of rotatable bonds is 4. The average Bonchev–Trinajstić information content (AvgIpc) is 3.05. The van der Waals surface area contributed by atoms with Crippen molar-refractivity contribution < 1.29 is 8.42 Å². The maximum absolute atomic E-state index is 12.4. The Bertz CT molecular complexity index is 880. The van der Waals surface area contributed by atoms with Crippen molar-refractivity contribution in [2.75, 3.05) is 5.73 Å². The van der Waals surface area contributed by atoms with E-state index in [0.29, 0.717) is 22.8 Å². The molecule has 2 heterocycles. The number of nitrogens with zero attached hydrogens (tertiary/aromatic N) is 4. The molecule has 3 N–H and O–H groups in total. The van der Waals surface area contributed by atoms with Crippen LogP contribution >= 0.6 is 0 Å². The summed E-state index contributed by atoms with van der Waals surface area (Å²) in [6, 6.07) is 4.85. The lowest BCUT2D eigenvalue weighted by Crippen LogP contribution is -2.23. The van der Waals surface area contributed by atoms with Gasteiger partial charge in [-0.2, -0.15) is 13.8 Å². The zero-order valence-corrected chi connectivity index (χ0v) is 12.6. The summed E-state index contributed by atoms with van der Waals surface area (Å²) in [4.78, 5) is 0.108. The number of aryl methyl sites for hydroxylation is 1. The normalized spacial score (nSPS) is 13.2. The van der Waals surface area contributed by atoms with Crippen LogP contribution in [0.3, 0.4) is 0 Å². The van der Waals surface area contributed by atoms with Gasteiger partial charge in [0.15, 0.2) is 0 Å². The Kier molecular flexibility index (Phi) is 3.35. The highest BCUT2D eigenvalue weighted by atomic mass is 32.2. The number of anilines is 1. The summed E-state index contributed by atoms with van der Waals surface area (Å²) in [7, 11) is -2.01. The Hall–Kier alpha value is -2.04. The van der Waals surface area contributed by atoms with Gasteiger partial charge in [-0.1, -0.05) is 6.07 Å². The molecule has 0 saturated carbocycles. The minimum Gasteiger partial charge on any atom is -0.384 e. The lowest BCUT2D eigenvalue weighted by molar-refractivity contribution is 0.581. The number of hydrogen-bond donors (Lipinski definition) is 2. The average molecular weight is 324 g/mol. The van der Waals surface area contributed by atoms with E-state index >= 15 is 0 Å². The molecule has 1 aromatic heterocycles. The molecule has 1 aliphatic rings. The molecule has 10 heteroatoms. The van der Waals surface area contributed by atoms with Gasteiger partial charge in [-0.3, -0.25) is 4.68 Å². The van der Waals surface area contributed by atoms with E-state index in [0.717, 1.165) is 11.4 Å². The molecule has 0 saturated heterocycles. The highest BCUT2D eigenvalue weighted by Gasteiger charge is 2.22. The van der Waals surface area contributed by atoms with E-state index in [2.05, 4.69) is 18.5 Å². The van der Waals surface area contributed by atoms with Gasteiger partial charge in [-0.05, 0) is 12.1 Å². The number of aromatic nitrogens is 2. The van der Waals surface area contributed by atoms with E-state index in [1.807, 2.05) is 0 Å². The number of hydrogen-bond acceptors (Lipinski definition) is 6. The molecule has 110 valence electrons. The van der Waals surface area contributed by atoms with Crippen LogP contribution in [0.5, 0.6) is 0 Å². The van der Waals surface area contributed by atoms with Gasteiger partial charge in [-0.25, -0.2) is 13.1 Å². The van der Waals surface area contributed by atoms with Crippen LogP contribution in [0.4, 0.5) is 17.2 Å². The van der Waals surface area contributed by atoms with Crippen molar-refractivity contribution in [1.29, 1.82) is 0 Å². The van der Waals surface area contributed by atoms with E-state index in [1.165, 1.54) is 16.9 Å². The molecule has 8 nitrogen and oxygen atoms in total. The molecule has 0 atom stereocenters. The third-order valence-corrected chi connectivity index (χ3v) is 5.03. The van der Waals surface area contributed by atoms with Crippen molar-refractivity contribution in [3.05, 3.63) is 30.0 Å². The first kappa shape index (κ1) is 13.9. The lowest BCUT2D eigenvalue weighted by atomic mass is 10.3. The SMILES string of the molecule is Cn1ncc(CNS(=O)(=O)c2cccc3c2N=S=N3)c1N. The second-order valence-electron chi connectivity index (χ2n) is 4.39. The summed E-state index contributed by atoms with van der Waals surface area (Å²) in [5, 5.41) is 3.97. The molecule has 1 aromatic carbocycles. The minimum atomic E-state index is -3.70. The van der Waals surface area contributed by atoms with Gasteiger partial charge in [0.1, 0.15) is 22.1 Å². The van der Waals surface area contributed by atoms with E-state index in [4.69, 9.17) is 5.73 Å². The largest absolute Gasteiger partial charge is 0.384 e. The van der Waals surface area contributed by atoms with Crippen molar-refractivity contribution in [3.8, 4) is 0 Å². The summed E-state index contributed by atoms with van der Waals surface area (Å²) in [6.45, 7) is 0.0654. The fourth-order valence-corrected chi connectivity index (χ4v) is 3.65. The summed E-state index contributed by atoms with van der Waals surface area (Å²) in [6.07, 6.45) is 1.53. The van der Waals surface area contributed by atoms with E-state index in [1.54, 1.807) is 19.2 Å². The van der Waals surface area contributed by atoms with Crippen molar-refractivity contribution >= 4 is 38.6 Å². The predicted octanol–water partition coefficient (Wildman–Crippen LogP) is 1.21. The highest BCUT2D eigenvalue weighted by molar-refractivity contribution is 7.89. The van der Waals surface area contributed by atoms with Gasteiger partial charge in [0.25, 0.3) is 0 Å². The molecule has 2 aromatic rings. The first-order valence-corrected chi connectivity index (χ1v) is 8.17. The number of nitrogen functional groups attached to an aromatic ring is 1. The molecular formula is C11H12N6O2S2. The van der Waals surface area contributed by atoms with Gasteiger partial charge in [0, 0.05) is 19.2 Å². The van der Waals surface area contributed by atoms with Crippen LogP contribution in [-0.4, -0.2) is 18.2 Å². The van der Waals surface area contributed by atoms with Crippen LogP contribution in [0.1, 0.15) is 5.56 Å². The summed E-state index contributed by atoms with van der Waals surface area (Å²) < 4.78 is 36.8. The molecule has 3 rings (SSSR count). The van der Waals surface area contributed by atoms with E-state index < -0.39 is 10.0 Å². The summed E-state index contributed by atoms with van der Waals surface area (Å²) in [5.74, 6) is 0.422. The topological polar surface area (TPSA) is 115 Å². The van der Waals surface area contributed by atoms with Crippen LogP contribution in [-0.2, 0) is 35.0 Å². The van der Waals surface area contributed by atoms with Crippen molar-refractivity contribution in [2.45, 2.75) is 11.4 Å². The third-order valence-electron chi connectivity index (χ3n) is 3.06. The molecule has 0 amide bonds.